The fraction of sp³-hybridized carbons (Fsp3) is 0.167. The Hall–Kier alpha value is -2.26. The highest BCUT2D eigenvalue weighted by atomic mass is 35.5. The van der Waals surface area contributed by atoms with Crippen molar-refractivity contribution in [3.8, 4) is 5.75 Å². The Morgan fingerprint density at radius 3 is 2.64 bits per heavy atom. The lowest BCUT2D eigenvalue weighted by atomic mass is 10.2. The van der Waals surface area contributed by atoms with Crippen LogP contribution in [0.25, 0.3) is 6.08 Å². The van der Waals surface area contributed by atoms with Gasteiger partial charge in [-0.15, -0.1) is 0 Å². The van der Waals surface area contributed by atoms with Crippen molar-refractivity contribution >= 4 is 23.6 Å². The van der Waals surface area contributed by atoms with E-state index in [2.05, 4.69) is 5.32 Å². The van der Waals surface area contributed by atoms with E-state index in [0.717, 1.165) is 16.9 Å². The normalized spacial score (nSPS) is 10.6. The first-order valence-corrected chi connectivity index (χ1v) is 7.43. The molecule has 0 aliphatic heterocycles. The summed E-state index contributed by atoms with van der Waals surface area (Å²) in [6.07, 6.45) is 3.24. The molecule has 114 valence electrons. The van der Waals surface area contributed by atoms with Crippen LogP contribution in [0.4, 0.5) is 0 Å². The molecule has 0 unspecified atom stereocenters. The monoisotopic (exact) mass is 315 g/mol. The maximum Gasteiger partial charge on any atom is 0.244 e. The highest BCUT2D eigenvalue weighted by Crippen LogP contribution is 2.15. The lowest BCUT2D eigenvalue weighted by molar-refractivity contribution is -0.116. The van der Waals surface area contributed by atoms with E-state index < -0.39 is 0 Å². The fourth-order valence-corrected chi connectivity index (χ4v) is 1.98. The van der Waals surface area contributed by atoms with Gasteiger partial charge in [-0.3, -0.25) is 4.79 Å². The Labute approximate surface area is 135 Å². The number of amides is 1. The molecular weight excluding hydrogens is 298 g/mol. The average Bonchev–Trinajstić information content (AvgIpc) is 2.52. The van der Waals surface area contributed by atoms with Gasteiger partial charge in [0.2, 0.25) is 5.91 Å². The molecule has 2 rings (SSSR count). The first-order chi connectivity index (χ1) is 10.6. The number of hydrogen-bond acceptors (Lipinski definition) is 2. The van der Waals surface area contributed by atoms with Gasteiger partial charge in [0, 0.05) is 11.1 Å². The fourth-order valence-electron chi connectivity index (χ4n) is 1.86. The summed E-state index contributed by atoms with van der Waals surface area (Å²) in [6, 6.07) is 15.1. The topological polar surface area (TPSA) is 38.3 Å². The second-order valence-electron chi connectivity index (χ2n) is 4.79. The van der Waals surface area contributed by atoms with Gasteiger partial charge in [-0.1, -0.05) is 41.9 Å². The SMILES string of the molecule is Cc1ccccc1OCCNC(=O)/C=C/c1ccc(Cl)cc1. The quantitative estimate of drug-likeness (QED) is 0.649. The van der Waals surface area contributed by atoms with Gasteiger partial charge in [0.1, 0.15) is 12.4 Å². The van der Waals surface area contributed by atoms with Crippen molar-refractivity contribution in [1.29, 1.82) is 0 Å². The molecule has 0 aliphatic carbocycles. The summed E-state index contributed by atoms with van der Waals surface area (Å²) >= 11 is 5.80. The molecule has 1 amide bonds. The van der Waals surface area contributed by atoms with E-state index in [1.165, 1.54) is 6.08 Å². The van der Waals surface area contributed by atoms with Crippen LogP contribution in [-0.4, -0.2) is 19.1 Å². The van der Waals surface area contributed by atoms with Crippen LogP contribution in [0.5, 0.6) is 5.75 Å². The number of aryl methyl sites for hydroxylation is 1. The molecule has 0 fully saturated rings. The summed E-state index contributed by atoms with van der Waals surface area (Å²) in [4.78, 5) is 11.7. The summed E-state index contributed by atoms with van der Waals surface area (Å²) in [7, 11) is 0. The molecule has 2 aromatic carbocycles. The van der Waals surface area contributed by atoms with Gasteiger partial charge in [0.15, 0.2) is 0 Å². The molecule has 2 aromatic rings. The molecule has 0 saturated carbocycles. The maximum atomic E-state index is 11.7. The Morgan fingerprint density at radius 1 is 1.18 bits per heavy atom. The molecule has 0 radical (unpaired) electrons. The lowest BCUT2D eigenvalue weighted by Crippen LogP contribution is -2.26. The van der Waals surface area contributed by atoms with Crippen LogP contribution >= 0.6 is 11.6 Å². The van der Waals surface area contributed by atoms with Crippen LogP contribution in [-0.2, 0) is 4.79 Å². The van der Waals surface area contributed by atoms with Crippen LogP contribution in [0.2, 0.25) is 5.02 Å². The van der Waals surface area contributed by atoms with Gasteiger partial charge in [-0.25, -0.2) is 0 Å². The Bertz CT molecular complexity index is 650. The Morgan fingerprint density at radius 2 is 1.91 bits per heavy atom. The zero-order valence-corrected chi connectivity index (χ0v) is 13.1. The molecule has 0 saturated heterocycles. The minimum absolute atomic E-state index is 0.150. The second-order valence-corrected chi connectivity index (χ2v) is 5.23. The Kier molecular flexibility index (Phi) is 6.04. The van der Waals surface area contributed by atoms with Crippen molar-refractivity contribution in [2.45, 2.75) is 6.92 Å². The molecule has 0 atom stereocenters. The highest BCUT2D eigenvalue weighted by Gasteiger charge is 1.98. The number of carbonyl (C=O) groups excluding carboxylic acids is 1. The van der Waals surface area contributed by atoms with Crippen LogP contribution in [0.1, 0.15) is 11.1 Å². The number of rotatable bonds is 6. The molecule has 0 aliphatic rings. The number of halogens is 1. The van der Waals surface area contributed by atoms with E-state index >= 15 is 0 Å². The largest absolute Gasteiger partial charge is 0.491 e. The highest BCUT2D eigenvalue weighted by molar-refractivity contribution is 6.30. The molecule has 3 nitrogen and oxygen atoms in total. The van der Waals surface area contributed by atoms with Crippen molar-refractivity contribution in [2.24, 2.45) is 0 Å². The van der Waals surface area contributed by atoms with Crippen molar-refractivity contribution in [3.63, 3.8) is 0 Å². The average molecular weight is 316 g/mol. The minimum Gasteiger partial charge on any atom is -0.491 e. The van der Waals surface area contributed by atoms with Crippen LogP contribution in [0.3, 0.4) is 0 Å². The van der Waals surface area contributed by atoms with Crippen molar-refractivity contribution in [3.05, 3.63) is 70.8 Å². The first kappa shape index (κ1) is 16.1. The van der Waals surface area contributed by atoms with Crippen molar-refractivity contribution in [1.82, 2.24) is 5.32 Å². The zero-order valence-electron chi connectivity index (χ0n) is 12.4. The molecule has 4 heteroatoms. The van der Waals surface area contributed by atoms with Crippen molar-refractivity contribution < 1.29 is 9.53 Å². The minimum atomic E-state index is -0.150. The molecule has 0 spiro atoms. The lowest BCUT2D eigenvalue weighted by Gasteiger charge is -2.08. The van der Waals surface area contributed by atoms with Crippen LogP contribution in [0.15, 0.2) is 54.6 Å². The maximum absolute atomic E-state index is 11.7. The number of hydrogen-bond donors (Lipinski definition) is 1. The number of ether oxygens (including phenoxy) is 1. The molecule has 0 heterocycles. The molecular formula is C18H18ClNO2. The number of carbonyl (C=O) groups is 1. The molecule has 22 heavy (non-hydrogen) atoms. The summed E-state index contributed by atoms with van der Waals surface area (Å²) in [5, 5.41) is 3.45. The van der Waals surface area contributed by atoms with Crippen molar-refractivity contribution in [2.75, 3.05) is 13.2 Å². The van der Waals surface area contributed by atoms with Gasteiger partial charge < -0.3 is 10.1 Å². The van der Waals surface area contributed by atoms with E-state index in [9.17, 15) is 4.79 Å². The van der Waals surface area contributed by atoms with Crippen LogP contribution in [0, 0.1) is 6.92 Å². The van der Waals surface area contributed by atoms with Gasteiger partial charge in [0.05, 0.1) is 6.54 Å². The van der Waals surface area contributed by atoms with Gasteiger partial charge in [-0.2, -0.15) is 0 Å². The molecule has 1 N–H and O–H groups in total. The summed E-state index contributed by atoms with van der Waals surface area (Å²) in [5.41, 5.74) is 2.01. The van der Waals surface area contributed by atoms with Gasteiger partial charge in [0.25, 0.3) is 0 Å². The standard InChI is InChI=1S/C18H18ClNO2/c1-14-4-2-3-5-17(14)22-13-12-20-18(21)11-8-15-6-9-16(19)10-7-15/h2-11H,12-13H2,1H3,(H,20,21)/b11-8+. The predicted molar refractivity (Wildman–Crippen MR) is 90.2 cm³/mol. The summed E-state index contributed by atoms with van der Waals surface area (Å²) in [6.45, 7) is 2.88. The number of nitrogens with one attached hydrogen (secondary N) is 1. The van der Waals surface area contributed by atoms with E-state index in [4.69, 9.17) is 16.3 Å². The third-order valence-electron chi connectivity index (χ3n) is 3.05. The van der Waals surface area contributed by atoms with E-state index in [1.54, 1.807) is 18.2 Å². The van der Waals surface area contributed by atoms with E-state index in [-0.39, 0.29) is 5.91 Å². The predicted octanol–water partition coefficient (Wildman–Crippen LogP) is 3.86. The smallest absolute Gasteiger partial charge is 0.244 e. The van der Waals surface area contributed by atoms with Gasteiger partial charge in [-0.05, 0) is 42.3 Å². The second kappa shape index (κ2) is 8.25. The Balaban J connectivity index is 1.72. The van der Waals surface area contributed by atoms with E-state index in [0.29, 0.717) is 18.2 Å². The molecule has 0 bridgehead atoms. The van der Waals surface area contributed by atoms with Gasteiger partial charge >= 0.3 is 0 Å². The number of para-hydroxylation sites is 1. The van der Waals surface area contributed by atoms with Crippen LogP contribution < -0.4 is 10.1 Å². The third-order valence-corrected chi connectivity index (χ3v) is 3.30. The first-order valence-electron chi connectivity index (χ1n) is 7.05. The molecule has 0 aromatic heterocycles. The van der Waals surface area contributed by atoms with E-state index in [1.807, 2.05) is 43.3 Å². The zero-order chi connectivity index (χ0) is 15.8. The number of benzene rings is 2. The summed E-state index contributed by atoms with van der Waals surface area (Å²) < 4.78 is 5.61. The summed E-state index contributed by atoms with van der Waals surface area (Å²) in [5.74, 6) is 0.691. The third kappa shape index (κ3) is 5.26.